The monoisotopic (exact) mass is 482 g/mol. The second-order valence-electron chi connectivity index (χ2n) is 10.0. The van der Waals surface area contributed by atoms with Crippen LogP contribution in [0.4, 0.5) is 11.8 Å². The zero-order valence-electron chi connectivity index (χ0n) is 21.3. The van der Waals surface area contributed by atoms with Gasteiger partial charge in [0.25, 0.3) is 0 Å². The first kappa shape index (κ1) is 25.1. The van der Waals surface area contributed by atoms with Crippen molar-refractivity contribution in [2.45, 2.75) is 64.5 Å². The summed E-state index contributed by atoms with van der Waals surface area (Å²) in [5.74, 6) is 2.10. The number of hydrogen-bond acceptors (Lipinski definition) is 9. The van der Waals surface area contributed by atoms with Crippen molar-refractivity contribution in [3.05, 3.63) is 29.7 Å². The molecule has 0 unspecified atom stereocenters. The van der Waals surface area contributed by atoms with Crippen molar-refractivity contribution < 1.29 is 9.84 Å². The van der Waals surface area contributed by atoms with E-state index in [0.717, 1.165) is 62.3 Å². The van der Waals surface area contributed by atoms with Crippen molar-refractivity contribution >= 4 is 22.8 Å². The van der Waals surface area contributed by atoms with Gasteiger partial charge in [0.05, 0.1) is 25.5 Å². The Bertz CT molecular complexity index is 1130. The molecule has 4 heterocycles. The molecule has 0 bridgehead atoms. The molecule has 1 fully saturated rings. The van der Waals surface area contributed by atoms with Crippen molar-refractivity contribution in [3.63, 3.8) is 0 Å². The minimum atomic E-state index is -0.669. The third-order valence-corrected chi connectivity index (χ3v) is 6.47. The lowest BCUT2D eigenvalue weighted by Gasteiger charge is -2.35. The predicted molar refractivity (Wildman–Crippen MR) is 138 cm³/mol. The van der Waals surface area contributed by atoms with Gasteiger partial charge in [-0.1, -0.05) is 13.3 Å². The first-order chi connectivity index (χ1) is 16.8. The molecule has 1 aliphatic rings. The molecule has 4 N–H and O–H groups in total. The van der Waals surface area contributed by atoms with E-state index in [0.29, 0.717) is 30.3 Å². The number of nitrogens with zero attached hydrogens (tertiary/aromatic N) is 6. The Morgan fingerprint density at radius 2 is 2.00 bits per heavy atom. The van der Waals surface area contributed by atoms with Crippen LogP contribution in [0, 0.1) is 0 Å². The minimum Gasteiger partial charge on any atom is -0.495 e. The maximum atomic E-state index is 10.1. The summed E-state index contributed by atoms with van der Waals surface area (Å²) in [7, 11) is 1.68. The standard InChI is InChI=1S/C25H38N8O2/c1-5-6-9-27-23-22-19(30-24(26)31-23)14-29-33(22)15-20-21(35-4)12-18(13-28-20)17-7-10-32(11-8-17)16-25(2,3)34/h12-14,17,34H,5-11,15-16H2,1-4H3,(H3,26,27,30,31). The van der Waals surface area contributed by atoms with Gasteiger partial charge in [-0.05, 0) is 63.7 Å². The van der Waals surface area contributed by atoms with Gasteiger partial charge in [0.1, 0.15) is 22.5 Å². The second kappa shape index (κ2) is 10.7. The minimum absolute atomic E-state index is 0.227. The number of likely N-dealkylation sites (tertiary alicyclic amines) is 1. The number of hydrogen-bond donors (Lipinski definition) is 3. The molecule has 0 amide bonds. The number of nitrogens with one attached hydrogen (secondary N) is 1. The maximum Gasteiger partial charge on any atom is 0.222 e. The smallest absolute Gasteiger partial charge is 0.222 e. The molecule has 3 aromatic rings. The summed E-state index contributed by atoms with van der Waals surface area (Å²) in [6, 6.07) is 2.11. The fourth-order valence-corrected chi connectivity index (χ4v) is 4.76. The van der Waals surface area contributed by atoms with E-state index in [1.807, 2.05) is 24.7 Å². The van der Waals surface area contributed by atoms with Gasteiger partial charge >= 0.3 is 0 Å². The van der Waals surface area contributed by atoms with Crippen LogP contribution < -0.4 is 15.8 Å². The van der Waals surface area contributed by atoms with Gasteiger partial charge in [-0.3, -0.25) is 9.67 Å². The number of pyridine rings is 1. The number of rotatable bonds is 10. The lowest BCUT2D eigenvalue weighted by atomic mass is 9.89. The molecule has 1 saturated heterocycles. The van der Waals surface area contributed by atoms with E-state index in [-0.39, 0.29) is 5.95 Å². The number of piperidine rings is 1. The molecule has 0 saturated carbocycles. The van der Waals surface area contributed by atoms with Crippen LogP contribution in [0.5, 0.6) is 5.75 Å². The van der Waals surface area contributed by atoms with Crippen LogP contribution in [0.3, 0.4) is 0 Å². The van der Waals surface area contributed by atoms with Crippen LogP contribution in [0.1, 0.15) is 63.6 Å². The predicted octanol–water partition coefficient (Wildman–Crippen LogP) is 3.02. The molecule has 10 nitrogen and oxygen atoms in total. The number of nitrogens with two attached hydrogens (primary N) is 1. The topological polar surface area (TPSA) is 127 Å². The molecule has 0 atom stereocenters. The van der Waals surface area contributed by atoms with E-state index in [1.165, 1.54) is 5.56 Å². The van der Waals surface area contributed by atoms with Gasteiger partial charge in [-0.2, -0.15) is 10.1 Å². The zero-order valence-corrected chi connectivity index (χ0v) is 21.3. The van der Waals surface area contributed by atoms with Gasteiger partial charge in [-0.15, -0.1) is 0 Å². The normalized spacial score (nSPS) is 15.6. The maximum absolute atomic E-state index is 10.1. The summed E-state index contributed by atoms with van der Waals surface area (Å²) < 4.78 is 7.59. The summed E-state index contributed by atoms with van der Waals surface area (Å²) >= 11 is 0. The number of aliphatic hydroxyl groups is 1. The van der Waals surface area contributed by atoms with Crippen molar-refractivity contribution in [2.24, 2.45) is 0 Å². The molecular formula is C25H38N8O2. The molecular weight excluding hydrogens is 444 g/mol. The Labute approximate surface area is 206 Å². The van der Waals surface area contributed by atoms with Gasteiger partial charge in [0, 0.05) is 19.3 Å². The Hall–Kier alpha value is -2.98. The molecule has 3 aromatic heterocycles. The molecule has 10 heteroatoms. The molecule has 0 radical (unpaired) electrons. The summed E-state index contributed by atoms with van der Waals surface area (Å²) in [5, 5.41) is 18.0. The number of aromatic nitrogens is 5. The van der Waals surface area contributed by atoms with Crippen LogP contribution in [0.2, 0.25) is 0 Å². The average molecular weight is 483 g/mol. The number of anilines is 2. The number of methoxy groups -OCH3 is 1. The Kier molecular flexibility index (Phi) is 7.71. The molecule has 0 spiro atoms. The summed E-state index contributed by atoms with van der Waals surface area (Å²) in [6.45, 7) is 9.75. The molecule has 0 aromatic carbocycles. The van der Waals surface area contributed by atoms with E-state index < -0.39 is 5.60 Å². The fraction of sp³-hybridized carbons (Fsp3) is 0.600. The number of unbranched alkanes of at least 4 members (excludes halogenated alkanes) is 1. The highest BCUT2D eigenvalue weighted by atomic mass is 16.5. The van der Waals surface area contributed by atoms with Crippen molar-refractivity contribution in [1.29, 1.82) is 0 Å². The SMILES string of the molecule is CCCCNc1nc(N)nc2cnn(Cc3ncc(C4CCN(CC(C)(C)O)CC4)cc3OC)c12. The molecule has 0 aliphatic carbocycles. The van der Waals surface area contributed by atoms with E-state index in [2.05, 4.69) is 38.3 Å². The third-order valence-electron chi connectivity index (χ3n) is 6.47. The summed E-state index contributed by atoms with van der Waals surface area (Å²) in [6.07, 6.45) is 7.87. The third kappa shape index (κ3) is 6.18. The molecule has 4 rings (SSSR count). The summed E-state index contributed by atoms with van der Waals surface area (Å²) in [5.41, 5.74) is 8.75. The van der Waals surface area contributed by atoms with Crippen LogP contribution in [-0.2, 0) is 6.54 Å². The van der Waals surface area contributed by atoms with Gasteiger partial charge in [0.2, 0.25) is 5.95 Å². The largest absolute Gasteiger partial charge is 0.495 e. The van der Waals surface area contributed by atoms with Crippen molar-refractivity contribution in [3.8, 4) is 5.75 Å². The van der Waals surface area contributed by atoms with E-state index in [1.54, 1.807) is 13.3 Å². The first-order valence-electron chi connectivity index (χ1n) is 12.5. The number of ether oxygens (including phenoxy) is 1. The summed E-state index contributed by atoms with van der Waals surface area (Å²) in [4.78, 5) is 15.9. The number of fused-ring (bicyclic) bond motifs is 1. The van der Waals surface area contributed by atoms with Gasteiger partial charge in [0.15, 0.2) is 5.82 Å². The van der Waals surface area contributed by atoms with E-state index >= 15 is 0 Å². The Morgan fingerprint density at radius 1 is 1.23 bits per heavy atom. The van der Waals surface area contributed by atoms with E-state index in [4.69, 9.17) is 15.5 Å². The van der Waals surface area contributed by atoms with Gasteiger partial charge < -0.3 is 25.8 Å². The Balaban J connectivity index is 1.52. The molecule has 190 valence electrons. The number of nitrogen functional groups attached to an aromatic ring is 1. The average Bonchev–Trinajstić information content (AvgIpc) is 3.21. The highest BCUT2D eigenvalue weighted by Crippen LogP contribution is 2.32. The van der Waals surface area contributed by atoms with Crippen LogP contribution in [0.15, 0.2) is 18.5 Å². The molecule has 1 aliphatic heterocycles. The van der Waals surface area contributed by atoms with Crippen molar-refractivity contribution in [2.75, 3.05) is 44.3 Å². The molecule has 35 heavy (non-hydrogen) atoms. The number of β-amino-alcohol motifs (C(OH)–C–C–N with tert-alkyl or cyclic N) is 1. The van der Waals surface area contributed by atoms with Crippen LogP contribution in [0.25, 0.3) is 11.0 Å². The highest BCUT2D eigenvalue weighted by molar-refractivity contribution is 5.86. The lowest BCUT2D eigenvalue weighted by Crippen LogP contribution is -2.42. The zero-order chi connectivity index (χ0) is 25.0. The Morgan fingerprint density at radius 3 is 2.69 bits per heavy atom. The fourth-order valence-electron chi connectivity index (χ4n) is 4.76. The lowest BCUT2D eigenvalue weighted by molar-refractivity contribution is 0.0281. The van der Waals surface area contributed by atoms with Crippen LogP contribution in [-0.4, -0.2) is 73.6 Å². The van der Waals surface area contributed by atoms with Crippen LogP contribution >= 0.6 is 0 Å². The van der Waals surface area contributed by atoms with E-state index in [9.17, 15) is 5.11 Å². The first-order valence-corrected chi connectivity index (χ1v) is 12.5. The second-order valence-corrected chi connectivity index (χ2v) is 10.0. The van der Waals surface area contributed by atoms with Gasteiger partial charge in [-0.25, -0.2) is 4.98 Å². The van der Waals surface area contributed by atoms with Crippen molar-refractivity contribution in [1.82, 2.24) is 29.6 Å². The highest BCUT2D eigenvalue weighted by Gasteiger charge is 2.25. The quantitative estimate of drug-likeness (QED) is 0.374.